The Hall–Kier alpha value is -2.20. The van der Waals surface area contributed by atoms with Gasteiger partial charge in [0.1, 0.15) is 5.82 Å². The summed E-state index contributed by atoms with van der Waals surface area (Å²) in [5, 5.41) is 0. The second kappa shape index (κ2) is 7.58. The van der Waals surface area contributed by atoms with Crippen LogP contribution in [0.4, 0.5) is 5.82 Å². The monoisotopic (exact) mass is 348 g/mol. The maximum Gasteiger partial charge on any atom is 0.128 e. The Morgan fingerprint density at radius 1 is 0.962 bits per heavy atom. The molecule has 4 heteroatoms. The fourth-order valence-corrected chi connectivity index (χ4v) is 3.96. The lowest BCUT2D eigenvalue weighted by Gasteiger charge is -2.33. The molecule has 0 atom stereocenters. The molecule has 26 heavy (non-hydrogen) atoms. The molecule has 4 heterocycles. The summed E-state index contributed by atoms with van der Waals surface area (Å²) in [4.78, 5) is 14.0. The van der Waals surface area contributed by atoms with E-state index in [0.717, 1.165) is 44.1 Å². The largest absolute Gasteiger partial charge is 0.357 e. The number of anilines is 1. The lowest BCUT2D eigenvalue weighted by atomic mass is 9.90. The van der Waals surface area contributed by atoms with E-state index < -0.39 is 0 Å². The van der Waals surface area contributed by atoms with Crippen LogP contribution in [0.3, 0.4) is 0 Å². The van der Waals surface area contributed by atoms with E-state index in [1.165, 1.54) is 29.5 Å². The van der Waals surface area contributed by atoms with Crippen molar-refractivity contribution in [2.75, 3.05) is 38.1 Å². The van der Waals surface area contributed by atoms with Crippen molar-refractivity contribution in [3.05, 3.63) is 59.6 Å². The molecular formula is C22H28N4. The third-order valence-electron chi connectivity index (χ3n) is 5.76. The Labute approximate surface area is 156 Å². The van der Waals surface area contributed by atoms with Crippen molar-refractivity contribution in [2.24, 2.45) is 0 Å². The van der Waals surface area contributed by atoms with Gasteiger partial charge in [0.05, 0.1) is 0 Å². The number of rotatable bonds is 3. The Morgan fingerprint density at radius 2 is 1.81 bits per heavy atom. The number of aryl methyl sites for hydroxylation is 1. The molecule has 0 amide bonds. The molecule has 2 aliphatic rings. The zero-order valence-electron chi connectivity index (χ0n) is 15.9. The highest BCUT2D eigenvalue weighted by atomic mass is 15.2. The van der Waals surface area contributed by atoms with E-state index in [1.54, 1.807) is 0 Å². The lowest BCUT2D eigenvalue weighted by molar-refractivity contribution is 0.370. The molecule has 4 nitrogen and oxygen atoms in total. The Balaban J connectivity index is 1.38. The van der Waals surface area contributed by atoms with E-state index in [1.807, 2.05) is 6.92 Å². The molecule has 0 unspecified atom stereocenters. The van der Waals surface area contributed by atoms with Crippen molar-refractivity contribution >= 4 is 11.4 Å². The van der Waals surface area contributed by atoms with Gasteiger partial charge in [0, 0.05) is 44.3 Å². The number of pyridine rings is 2. The van der Waals surface area contributed by atoms with Crippen molar-refractivity contribution in [1.82, 2.24) is 14.9 Å². The molecule has 1 fully saturated rings. The van der Waals surface area contributed by atoms with E-state index in [9.17, 15) is 0 Å². The quantitative estimate of drug-likeness (QED) is 0.842. The van der Waals surface area contributed by atoms with Gasteiger partial charge in [-0.3, -0.25) is 4.98 Å². The first-order valence-electron chi connectivity index (χ1n) is 9.70. The van der Waals surface area contributed by atoms with Crippen molar-refractivity contribution in [2.45, 2.75) is 32.1 Å². The molecule has 1 saturated heterocycles. The van der Waals surface area contributed by atoms with Gasteiger partial charge in [-0.25, -0.2) is 4.98 Å². The lowest BCUT2D eigenvalue weighted by Crippen LogP contribution is -2.33. The summed E-state index contributed by atoms with van der Waals surface area (Å²) in [5.74, 6) is 1.74. The van der Waals surface area contributed by atoms with Crippen molar-refractivity contribution in [3.8, 4) is 0 Å². The maximum atomic E-state index is 4.77. The highest BCUT2D eigenvalue weighted by molar-refractivity contribution is 5.66. The number of hydrogen-bond donors (Lipinski definition) is 0. The van der Waals surface area contributed by atoms with Crippen LogP contribution in [-0.2, 0) is 0 Å². The van der Waals surface area contributed by atoms with Crippen molar-refractivity contribution in [1.29, 1.82) is 0 Å². The van der Waals surface area contributed by atoms with E-state index in [-0.39, 0.29) is 0 Å². The normalized spacial score (nSPS) is 19.5. The van der Waals surface area contributed by atoms with E-state index in [2.05, 4.69) is 64.6 Å². The molecular weight excluding hydrogens is 320 g/mol. The van der Waals surface area contributed by atoms with Crippen LogP contribution in [0.15, 0.2) is 42.7 Å². The first-order chi connectivity index (χ1) is 12.7. The minimum Gasteiger partial charge on any atom is -0.357 e. The summed E-state index contributed by atoms with van der Waals surface area (Å²) in [6, 6.07) is 8.81. The molecule has 2 aromatic rings. The third kappa shape index (κ3) is 3.80. The smallest absolute Gasteiger partial charge is 0.128 e. The first kappa shape index (κ1) is 17.2. The van der Waals surface area contributed by atoms with Crippen LogP contribution in [0, 0.1) is 6.92 Å². The first-order valence-corrected chi connectivity index (χ1v) is 9.70. The predicted molar refractivity (Wildman–Crippen MR) is 107 cm³/mol. The molecule has 0 bridgehead atoms. The van der Waals surface area contributed by atoms with Crippen molar-refractivity contribution in [3.63, 3.8) is 0 Å². The molecule has 2 aromatic heterocycles. The standard InChI is InChI=1S/C22H28N4/c1-17-3-4-20(15-23-17)19-9-13-26(14-10-19)22-6-5-21(16-24-22)18-7-11-25(2)12-8-18/h3-7,15-16,19H,8-14H2,1-2H3. The molecule has 4 rings (SSSR count). The number of aromatic nitrogens is 2. The summed E-state index contributed by atoms with van der Waals surface area (Å²) in [6.07, 6.45) is 9.91. The van der Waals surface area contributed by atoms with Crippen LogP contribution in [0.25, 0.3) is 5.57 Å². The van der Waals surface area contributed by atoms with Crippen LogP contribution in [0.1, 0.15) is 42.0 Å². The van der Waals surface area contributed by atoms with Gasteiger partial charge in [-0.15, -0.1) is 0 Å². The molecule has 0 aromatic carbocycles. The van der Waals surface area contributed by atoms with Gasteiger partial charge in [-0.1, -0.05) is 12.1 Å². The van der Waals surface area contributed by atoms with E-state index in [0.29, 0.717) is 5.92 Å². The van der Waals surface area contributed by atoms with Crippen LogP contribution < -0.4 is 4.90 Å². The summed E-state index contributed by atoms with van der Waals surface area (Å²) in [5.41, 5.74) is 5.19. The van der Waals surface area contributed by atoms with E-state index in [4.69, 9.17) is 4.98 Å². The molecule has 0 aliphatic carbocycles. The summed E-state index contributed by atoms with van der Waals surface area (Å²) < 4.78 is 0. The maximum absolute atomic E-state index is 4.77. The van der Waals surface area contributed by atoms with Gasteiger partial charge in [0.25, 0.3) is 0 Å². The van der Waals surface area contributed by atoms with Gasteiger partial charge >= 0.3 is 0 Å². The minimum absolute atomic E-state index is 0.628. The van der Waals surface area contributed by atoms with Crippen LogP contribution in [0.5, 0.6) is 0 Å². The highest BCUT2D eigenvalue weighted by Crippen LogP contribution is 2.30. The number of piperidine rings is 1. The van der Waals surface area contributed by atoms with Gasteiger partial charge in [0.2, 0.25) is 0 Å². The number of nitrogens with zero attached hydrogens (tertiary/aromatic N) is 4. The Bertz CT molecular complexity index is 756. The molecule has 0 saturated carbocycles. The van der Waals surface area contributed by atoms with Crippen LogP contribution in [-0.4, -0.2) is 48.1 Å². The highest BCUT2D eigenvalue weighted by Gasteiger charge is 2.21. The van der Waals surface area contributed by atoms with Crippen LogP contribution in [0.2, 0.25) is 0 Å². The number of hydrogen-bond acceptors (Lipinski definition) is 4. The van der Waals surface area contributed by atoms with E-state index >= 15 is 0 Å². The minimum atomic E-state index is 0.628. The molecule has 0 N–H and O–H groups in total. The van der Waals surface area contributed by atoms with Gasteiger partial charge in [-0.2, -0.15) is 0 Å². The molecule has 2 aliphatic heterocycles. The second-order valence-electron chi connectivity index (χ2n) is 7.64. The van der Waals surface area contributed by atoms with Crippen molar-refractivity contribution < 1.29 is 0 Å². The Kier molecular flexibility index (Phi) is 5.02. The summed E-state index contributed by atoms with van der Waals surface area (Å²) in [7, 11) is 2.17. The average molecular weight is 348 g/mol. The predicted octanol–water partition coefficient (Wildman–Crippen LogP) is 3.89. The fraction of sp³-hybridized carbons (Fsp3) is 0.455. The molecule has 0 spiro atoms. The average Bonchev–Trinajstić information content (AvgIpc) is 2.70. The van der Waals surface area contributed by atoms with Gasteiger partial charge < -0.3 is 9.80 Å². The fourth-order valence-electron chi connectivity index (χ4n) is 3.96. The SMILES string of the molecule is Cc1ccc(C2CCN(c3ccc(C4=CCN(C)CC4)cn3)CC2)cn1. The zero-order valence-corrected chi connectivity index (χ0v) is 15.9. The number of likely N-dealkylation sites (N-methyl/N-ethyl adjacent to an activating group) is 1. The van der Waals surface area contributed by atoms with Gasteiger partial charge in [0.15, 0.2) is 0 Å². The summed E-state index contributed by atoms with van der Waals surface area (Å²) in [6.45, 7) is 6.35. The molecule has 0 radical (unpaired) electrons. The van der Waals surface area contributed by atoms with Crippen LogP contribution >= 0.6 is 0 Å². The third-order valence-corrected chi connectivity index (χ3v) is 5.76. The van der Waals surface area contributed by atoms with Gasteiger partial charge in [-0.05, 0) is 74.1 Å². The molecule has 136 valence electrons. The second-order valence-corrected chi connectivity index (χ2v) is 7.64. The Morgan fingerprint density at radius 3 is 2.42 bits per heavy atom. The summed E-state index contributed by atoms with van der Waals surface area (Å²) >= 11 is 0. The zero-order chi connectivity index (χ0) is 17.9. The topological polar surface area (TPSA) is 32.3 Å².